The van der Waals surface area contributed by atoms with Crippen LogP contribution in [0.4, 0.5) is 20.3 Å². The summed E-state index contributed by atoms with van der Waals surface area (Å²) >= 11 is 0. The number of alkyl halides is 2. The number of piperazine rings is 1. The molecule has 0 aromatic carbocycles. The second-order valence-electron chi connectivity index (χ2n) is 6.83. The highest BCUT2D eigenvalue weighted by molar-refractivity contribution is 5.71. The molecule has 3 heterocycles. The van der Waals surface area contributed by atoms with E-state index < -0.39 is 6.43 Å². The smallest absolute Gasteiger partial charge is 0.282 e. The topological polar surface area (TPSA) is 82.9 Å². The van der Waals surface area contributed by atoms with Gasteiger partial charge in [-0.1, -0.05) is 13.8 Å². The lowest BCUT2D eigenvalue weighted by Crippen LogP contribution is -2.51. The van der Waals surface area contributed by atoms with E-state index in [2.05, 4.69) is 34.3 Å². The largest absolute Gasteiger partial charge is 0.384 e. The third-order valence-corrected chi connectivity index (χ3v) is 4.41. The average molecular weight is 350 g/mol. The third kappa shape index (κ3) is 3.89. The Bertz CT molecular complexity index is 715. The lowest BCUT2D eigenvalue weighted by Gasteiger charge is -2.36. The summed E-state index contributed by atoms with van der Waals surface area (Å²) in [4.78, 5) is 6.19. The SMILES string of the molecule is CC(C)CC1CN(c2ccc(-c3cn[nH]c3N)nc2C(F)F)CCN1. The van der Waals surface area contributed by atoms with Crippen molar-refractivity contribution in [3.8, 4) is 11.3 Å². The Labute approximate surface area is 145 Å². The standard InChI is InChI=1S/C17H24F2N6/c1-10(2)7-11-9-25(6-5-21-11)14-4-3-13(23-15(14)16(18)19)12-8-22-24-17(12)20/h3-4,8,10-11,16,21H,5-7,9H2,1-2H3,(H3,20,22,24). The van der Waals surface area contributed by atoms with Crippen LogP contribution in [0.15, 0.2) is 18.3 Å². The van der Waals surface area contributed by atoms with Gasteiger partial charge in [0, 0.05) is 25.7 Å². The molecule has 1 fully saturated rings. The van der Waals surface area contributed by atoms with E-state index in [-0.39, 0.29) is 5.69 Å². The highest BCUT2D eigenvalue weighted by atomic mass is 19.3. The number of nitrogen functional groups attached to an aromatic ring is 1. The number of halogens is 2. The second kappa shape index (κ2) is 7.35. The highest BCUT2D eigenvalue weighted by Gasteiger charge is 2.26. The zero-order chi connectivity index (χ0) is 18.0. The Hall–Kier alpha value is -2.22. The molecule has 25 heavy (non-hydrogen) atoms. The molecule has 136 valence electrons. The molecule has 0 radical (unpaired) electrons. The fourth-order valence-corrected chi connectivity index (χ4v) is 3.32. The fourth-order valence-electron chi connectivity index (χ4n) is 3.32. The summed E-state index contributed by atoms with van der Waals surface area (Å²) < 4.78 is 27.3. The summed E-state index contributed by atoms with van der Waals surface area (Å²) in [5, 5.41) is 9.89. The predicted molar refractivity (Wildman–Crippen MR) is 94.6 cm³/mol. The maximum absolute atomic E-state index is 13.7. The van der Waals surface area contributed by atoms with Gasteiger partial charge < -0.3 is 16.0 Å². The molecule has 2 aromatic rings. The van der Waals surface area contributed by atoms with Gasteiger partial charge in [-0.2, -0.15) is 5.10 Å². The normalized spacial score (nSPS) is 18.3. The number of rotatable bonds is 5. The monoisotopic (exact) mass is 350 g/mol. The number of hydrogen-bond donors (Lipinski definition) is 3. The van der Waals surface area contributed by atoms with Crippen molar-refractivity contribution >= 4 is 11.5 Å². The van der Waals surface area contributed by atoms with Crippen LogP contribution in [0.2, 0.25) is 0 Å². The van der Waals surface area contributed by atoms with Crippen molar-refractivity contribution in [2.24, 2.45) is 5.92 Å². The van der Waals surface area contributed by atoms with Crippen molar-refractivity contribution in [3.05, 3.63) is 24.0 Å². The van der Waals surface area contributed by atoms with Crippen LogP contribution in [0.5, 0.6) is 0 Å². The van der Waals surface area contributed by atoms with Crippen molar-refractivity contribution in [2.45, 2.75) is 32.7 Å². The number of hydrogen-bond acceptors (Lipinski definition) is 5. The number of anilines is 2. The molecule has 2 aromatic heterocycles. The molecule has 1 aliphatic rings. The quantitative estimate of drug-likeness (QED) is 0.772. The Morgan fingerprint density at radius 1 is 1.36 bits per heavy atom. The molecule has 1 unspecified atom stereocenters. The van der Waals surface area contributed by atoms with Crippen molar-refractivity contribution in [2.75, 3.05) is 30.3 Å². The van der Waals surface area contributed by atoms with Gasteiger partial charge in [-0.3, -0.25) is 5.10 Å². The summed E-state index contributed by atoms with van der Waals surface area (Å²) in [5.74, 6) is 0.872. The van der Waals surface area contributed by atoms with Crippen LogP contribution in [0.25, 0.3) is 11.3 Å². The molecule has 0 spiro atoms. The van der Waals surface area contributed by atoms with Gasteiger partial charge in [0.1, 0.15) is 11.5 Å². The van der Waals surface area contributed by atoms with Gasteiger partial charge in [0.2, 0.25) is 0 Å². The minimum Gasteiger partial charge on any atom is -0.384 e. The summed E-state index contributed by atoms with van der Waals surface area (Å²) in [6.07, 6.45) is -0.144. The van der Waals surface area contributed by atoms with Crippen LogP contribution in [0.1, 0.15) is 32.4 Å². The summed E-state index contributed by atoms with van der Waals surface area (Å²) in [6.45, 7) is 6.49. The van der Waals surface area contributed by atoms with Gasteiger partial charge in [-0.15, -0.1) is 0 Å². The molecule has 0 bridgehead atoms. The molecule has 1 atom stereocenters. The molecule has 1 saturated heterocycles. The first kappa shape index (κ1) is 17.6. The van der Waals surface area contributed by atoms with Crippen LogP contribution in [-0.4, -0.2) is 40.9 Å². The predicted octanol–water partition coefficient (Wildman–Crippen LogP) is 2.82. The minimum absolute atomic E-state index is 0.205. The van der Waals surface area contributed by atoms with E-state index in [0.717, 1.165) is 13.0 Å². The second-order valence-corrected chi connectivity index (χ2v) is 6.83. The molecule has 8 heteroatoms. The summed E-state index contributed by atoms with van der Waals surface area (Å²) in [5.41, 5.74) is 7.01. The number of H-pyrrole nitrogens is 1. The first-order valence-electron chi connectivity index (χ1n) is 8.52. The first-order chi connectivity index (χ1) is 12.0. The van der Waals surface area contributed by atoms with Crippen molar-refractivity contribution in [3.63, 3.8) is 0 Å². The Balaban J connectivity index is 1.89. The minimum atomic E-state index is -2.65. The van der Waals surface area contributed by atoms with E-state index in [1.165, 1.54) is 6.20 Å². The van der Waals surface area contributed by atoms with Crippen LogP contribution >= 0.6 is 0 Å². The number of aromatic nitrogens is 3. The van der Waals surface area contributed by atoms with Crippen molar-refractivity contribution in [1.29, 1.82) is 0 Å². The molecule has 6 nitrogen and oxygen atoms in total. The van der Waals surface area contributed by atoms with Gasteiger partial charge in [0.15, 0.2) is 0 Å². The van der Waals surface area contributed by atoms with Gasteiger partial charge in [0.25, 0.3) is 6.43 Å². The molecule has 0 aliphatic carbocycles. The Morgan fingerprint density at radius 2 is 2.16 bits per heavy atom. The number of nitrogens with two attached hydrogens (primary N) is 1. The third-order valence-electron chi connectivity index (χ3n) is 4.41. The van der Waals surface area contributed by atoms with Crippen LogP contribution < -0.4 is 16.0 Å². The van der Waals surface area contributed by atoms with E-state index >= 15 is 0 Å². The summed E-state index contributed by atoms with van der Waals surface area (Å²) in [7, 11) is 0. The zero-order valence-corrected chi connectivity index (χ0v) is 14.5. The number of pyridine rings is 1. The number of nitrogens with one attached hydrogen (secondary N) is 2. The number of nitrogens with zero attached hydrogens (tertiary/aromatic N) is 3. The van der Waals surface area contributed by atoms with Crippen LogP contribution in [0.3, 0.4) is 0 Å². The van der Waals surface area contributed by atoms with Gasteiger partial charge in [-0.05, 0) is 24.5 Å². The van der Waals surface area contributed by atoms with E-state index in [1.807, 2.05) is 4.90 Å². The zero-order valence-electron chi connectivity index (χ0n) is 14.5. The molecule has 0 saturated carbocycles. The molecular formula is C17H24F2N6. The van der Waals surface area contributed by atoms with E-state index in [4.69, 9.17) is 5.73 Å². The Kier molecular flexibility index (Phi) is 5.17. The van der Waals surface area contributed by atoms with Crippen LogP contribution in [-0.2, 0) is 0 Å². The molecular weight excluding hydrogens is 326 g/mol. The maximum atomic E-state index is 13.7. The van der Waals surface area contributed by atoms with E-state index in [9.17, 15) is 8.78 Å². The average Bonchev–Trinajstić information content (AvgIpc) is 3.00. The van der Waals surface area contributed by atoms with Crippen molar-refractivity contribution in [1.82, 2.24) is 20.5 Å². The first-order valence-corrected chi connectivity index (χ1v) is 8.52. The van der Waals surface area contributed by atoms with Gasteiger partial charge >= 0.3 is 0 Å². The van der Waals surface area contributed by atoms with E-state index in [1.54, 1.807) is 12.1 Å². The van der Waals surface area contributed by atoms with Crippen molar-refractivity contribution < 1.29 is 8.78 Å². The molecule has 3 rings (SSSR count). The van der Waals surface area contributed by atoms with E-state index in [0.29, 0.717) is 47.8 Å². The summed E-state index contributed by atoms with van der Waals surface area (Å²) in [6, 6.07) is 3.74. The van der Waals surface area contributed by atoms with Gasteiger partial charge in [0.05, 0.1) is 23.1 Å². The lowest BCUT2D eigenvalue weighted by atomic mass is 10.0. The molecule has 0 amide bonds. The van der Waals surface area contributed by atoms with Crippen LogP contribution in [0, 0.1) is 5.92 Å². The lowest BCUT2D eigenvalue weighted by molar-refractivity contribution is 0.146. The molecule has 4 N–H and O–H groups in total. The maximum Gasteiger partial charge on any atom is 0.282 e. The fraction of sp³-hybridized carbons (Fsp3) is 0.529. The number of aromatic amines is 1. The van der Waals surface area contributed by atoms with Gasteiger partial charge in [-0.25, -0.2) is 13.8 Å². The highest BCUT2D eigenvalue weighted by Crippen LogP contribution is 2.33. The molecule has 1 aliphatic heterocycles. The Morgan fingerprint density at radius 3 is 2.80 bits per heavy atom.